The highest BCUT2D eigenvalue weighted by Crippen LogP contribution is 2.42. The van der Waals surface area contributed by atoms with Gasteiger partial charge in [-0.15, -0.1) is 0 Å². The van der Waals surface area contributed by atoms with E-state index in [0.717, 1.165) is 24.5 Å². The van der Waals surface area contributed by atoms with Gasteiger partial charge >= 0.3 is 0 Å². The first-order valence-corrected chi connectivity index (χ1v) is 6.52. The third kappa shape index (κ3) is 2.28. The fourth-order valence-corrected chi connectivity index (χ4v) is 3.05. The molecule has 0 saturated heterocycles. The number of amides is 1. The lowest BCUT2D eigenvalue weighted by Crippen LogP contribution is -2.22. The van der Waals surface area contributed by atoms with Crippen LogP contribution in [0, 0.1) is 11.8 Å². The van der Waals surface area contributed by atoms with E-state index in [0.29, 0.717) is 5.92 Å². The number of rotatable bonds is 2. The molecule has 0 heterocycles. The van der Waals surface area contributed by atoms with Crippen molar-refractivity contribution in [1.82, 2.24) is 5.43 Å². The summed E-state index contributed by atoms with van der Waals surface area (Å²) in [6, 6.07) is 3.84. The highest BCUT2D eigenvalue weighted by atomic mass is 16.3. The summed E-state index contributed by atoms with van der Waals surface area (Å²) in [5, 5.41) is 23.1. The number of phenols is 2. The van der Waals surface area contributed by atoms with Crippen LogP contribution in [-0.2, 0) is 0 Å². The molecule has 2 aliphatic carbocycles. The molecule has 2 aliphatic rings. The minimum atomic E-state index is -0.497. The Hall–Kier alpha value is -2.04. The maximum Gasteiger partial charge on any atom is 0.275 e. The van der Waals surface area contributed by atoms with Gasteiger partial charge in [-0.3, -0.25) is 4.79 Å². The number of hydrogen-bond donors (Lipinski definition) is 3. The van der Waals surface area contributed by atoms with Crippen molar-refractivity contribution in [2.75, 3.05) is 0 Å². The summed E-state index contributed by atoms with van der Waals surface area (Å²) in [6.07, 6.45) is 4.59. The van der Waals surface area contributed by atoms with Crippen molar-refractivity contribution >= 4 is 11.6 Å². The highest BCUT2D eigenvalue weighted by molar-refractivity contribution is 5.98. The van der Waals surface area contributed by atoms with Gasteiger partial charge in [0, 0.05) is 5.71 Å². The van der Waals surface area contributed by atoms with Crippen molar-refractivity contribution in [2.45, 2.75) is 25.7 Å². The lowest BCUT2D eigenvalue weighted by atomic mass is 9.99. The van der Waals surface area contributed by atoms with E-state index in [1.807, 2.05) is 0 Å². The van der Waals surface area contributed by atoms with Crippen LogP contribution >= 0.6 is 0 Å². The third-order valence-corrected chi connectivity index (χ3v) is 4.04. The number of aromatic hydroxyl groups is 2. The first-order chi connectivity index (χ1) is 9.13. The van der Waals surface area contributed by atoms with Gasteiger partial charge in [-0.1, -0.05) is 0 Å². The zero-order chi connectivity index (χ0) is 13.4. The van der Waals surface area contributed by atoms with E-state index in [1.165, 1.54) is 31.0 Å². The van der Waals surface area contributed by atoms with E-state index in [2.05, 4.69) is 10.5 Å². The van der Waals surface area contributed by atoms with E-state index >= 15 is 0 Å². The minimum Gasteiger partial charge on any atom is -0.508 e. The molecule has 1 amide bonds. The Labute approximate surface area is 111 Å². The maximum absolute atomic E-state index is 11.9. The van der Waals surface area contributed by atoms with Crippen LogP contribution in [-0.4, -0.2) is 21.8 Å². The van der Waals surface area contributed by atoms with Gasteiger partial charge in [0.25, 0.3) is 5.91 Å². The zero-order valence-corrected chi connectivity index (χ0v) is 10.5. The predicted octanol–water partition coefficient (Wildman–Crippen LogP) is 2.00. The molecular formula is C14H16N2O3. The zero-order valence-electron chi connectivity index (χ0n) is 10.5. The highest BCUT2D eigenvalue weighted by Gasteiger charge is 2.36. The number of hydrogen-bond acceptors (Lipinski definition) is 4. The van der Waals surface area contributed by atoms with Gasteiger partial charge in [0.1, 0.15) is 11.5 Å². The number of phenolic OH excluding ortho intramolecular Hbond substituents is 2. The van der Waals surface area contributed by atoms with Gasteiger partial charge < -0.3 is 10.2 Å². The number of carbonyl (C=O) groups is 1. The fraction of sp³-hybridized carbons (Fsp3) is 0.429. The summed E-state index contributed by atoms with van der Waals surface area (Å²) in [4.78, 5) is 11.9. The lowest BCUT2D eigenvalue weighted by Gasteiger charge is -2.12. The molecule has 5 nitrogen and oxygen atoms in total. The molecule has 0 aliphatic heterocycles. The summed E-state index contributed by atoms with van der Waals surface area (Å²) in [5.74, 6) is 0.528. The van der Waals surface area contributed by atoms with Crippen LogP contribution in [0.2, 0.25) is 0 Å². The normalized spacial score (nSPS) is 26.8. The molecule has 3 rings (SSSR count). The molecule has 5 heteroatoms. The van der Waals surface area contributed by atoms with E-state index in [4.69, 9.17) is 0 Å². The molecule has 100 valence electrons. The van der Waals surface area contributed by atoms with Crippen LogP contribution in [0.15, 0.2) is 23.3 Å². The molecule has 0 unspecified atom stereocenters. The molecule has 2 bridgehead atoms. The molecular weight excluding hydrogens is 244 g/mol. The average Bonchev–Trinajstić information content (AvgIpc) is 3.01. The standard InChI is InChI=1S/C14H16N2O3/c17-10-3-4-13(18)11(7-10)14(19)16-15-12-6-8-1-2-9(12)5-8/h3-4,7-9,17-18H,1-2,5-6H2,(H,16,19)/b15-12+/t8-,9-/m1/s1. The summed E-state index contributed by atoms with van der Waals surface area (Å²) < 4.78 is 0. The van der Waals surface area contributed by atoms with Crippen molar-refractivity contribution in [3.05, 3.63) is 23.8 Å². The van der Waals surface area contributed by atoms with Crippen molar-refractivity contribution in [2.24, 2.45) is 16.9 Å². The van der Waals surface area contributed by atoms with Crippen molar-refractivity contribution < 1.29 is 15.0 Å². The minimum absolute atomic E-state index is 0.0347. The Morgan fingerprint density at radius 3 is 2.84 bits per heavy atom. The summed E-state index contributed by atoms with van der Waals surface area (Å²) in [5.41, 5.74) is 3.57. The van der Waals surface area contributed by atoms with E-state index in [-0.39, 0.29) is 17.1 Å². The van der Waals surface area contributed by atoms with E-state index in [1.54, 1.807) is 0 Å². The molecule has 19 heavy (non-hydrogen) atoms. The molecule has 0 spiro atoms. The Bertz CT molecular complexity index is 554. The molecule has 1 aromatic rings. The number of nitrogens with one attached hydrogen (secondary N) is 1. The third-order valence-electron chi connectivity index (χ3n) is 4.04. The topological polar surface area (TPSA) is 81.9 Å². The first-order valence-electron chi connectivity index (χ1n) is 6.52. The quantitative estimate of drug-likeness (QED) is 0.562. The van der Waals surface area contributed by atoms with Crippen molar-refractivity contribution in [3.63, 3.8) is 0 Å². The molecule has 2 saturated carbocycles. The van der Waals surface area contributed by atoms with Crippen molar-refractivity contribution in [3.8, 4) is 11.5 Å². The Morgan fingerprint density at radius 2 is 2.16 bits per heavy atom. The number of nitrogens with zero attached hydrogens (tertiary/aromatic N) is 1. The van der Waals surface area contributed by atoms with Crippen LogP contribution < -0.4 is 5.43 Å². The largest absolute Gasteiger partial charge is 0.508 e. The predicted molar refractivity (Wildman–Crippen MR) is 70.1 cm³/mol. The van der Waals surface area contributed by atoms with Crippen LogP contribution in [0.5, 0.6) is 11.5 Å². The van der Waals surface area contributed by atoms with E-state index < -0.39 is 5.91 Å². The second-order valence-electron chi connectivity index (χ2n) is 5.33. The van der Waals surface area contributed by atoms with Gasteiger partial charge in [-0.2, -0.15) is 5.10 Å². The Morgan fingerprint density at radius 1 is 1.32 bits per heavy atom. The number of benzene rings is 1. The lowest BCUT2D eigenvalue weighted by molar-refractivity contribution is 0.0951. The maximum atomic E-state index is 11.9. The van der Waals surface area contributed by atoms with Gasteiger partial charge in [0.05, 0.1) is 5.56 Å². The molecule has 0 radical (unpaired) electrons. The summed E-state index contributed by atoms with van der Waals surface area (Å²) in [6.45, 7) is 0. The second kappa shape index (κ2) is 4.57. The Balaban J connectivity index is 1.72. The second-order valence-corrected chi connectivity index (χ2v) is 5.33. The summed E-state index contributed by atoms with van der Waals surface area (Å²) in [7, 11) is 0. The molecule has 1 aromatic carbocycles. The number of carbonyl (C=O) groups excluding carboxylic acids is 1. The van der Waals surface area contributed by atoms with Crippen LogP contribution in [0.4, 0.5) is 0 Å². The molecule has 2 fully saturated rings. The van der Waals surface area contributed by atoms with Gasteiger partial charge in [0.15, 0.2) is 0 Å². The molecule has 3 N–H and O–H groups in total. The molecule has 2 atom stereocenters. The van der Waals surface area contributed by atoms with Crippen LogP contribution in [0.1, 0.15) is 36.0 Å². The van der Waals surface area contributed by atoms with Gasteiger partial charge in [0.2, 0.25) is 0 Å². The summed E-state index contributed by atoms with van der Waals surface area (Å²) >= 11 is 0. The smallest absolute Gasteiger partial charge is 0.275 e. The first kappa shape index (κ1) is 12.0. The van der Waals surface area contributed by atoms with Crippen LogP contribution in [0.3, 0.4) is 0 Å². The molecule has 0 aromatic heterocycles. The number of fused-ring (bicyclic) bond motifs is 2. The monoisotopic (exact) mass is 260 g/mol. The average molecular weight is 260 g/mol. The SMILES string of the molecule is O=C(N/N=C1\C[C@@H]2CC[C@@H]1C2)c1cc(O)ccc1O. The van der Waals surface area contributed by atoms with Crippen LogP contribution in [0.25, 0.3) is 0 Å². The van der Waals surface area contributed by atoms with E-state index in [9.17, 15) is 15.0 Å². The van der Waals surface area contributed by atoms with Gasteiger partial charge in [-0.25, -0.2) is 5.43 Å². The Kier molecular flexibility index (Phi) is 2.89. The van der Waals surface area contributed by atoms with Gasteiger partial charge in [-0.05, 0) is 55.7 Å². The fourth-order valence-electron chi connectivity index (χ4n) is 3.05. The van der Waals surface area contributed by atoms with Crippen molar-refractivity contribution in [1.29, 1.82) is 0 Å². The number of hydrazone groups is 1.